The van der Waals surface area contributed by atoms with Crippen molar-refractivity contribution in [3.05, 3.63) is 88.7 Å². The van der Waals surface area contributed by atoms with E-state index in [2.05, 4.69) is 57.3 Å². The molecule has 2 nitrogen and oxygen atoms in total. The lowest BCUT2D eigenvalue weighted by Crippen LogP contribution is -1.94. The van der Waals surface area contributed by atoms with E-state index in [1.807, 2.05) is 30.5 Å². The van der Waals surface area contributed by atoms with Crippen LogP contribution in [-0.4, -0.2) is 4.98 Å². The molecule has 0 atom stereocenters. The van der Waals surface area contributed by atoms with Gasteiger partial charge < -0.3 is 4.74 Å². The summed E-state index contributed by atoms with van der Waals surface area (Å²) in [6, 6.07) is 20.6. The number of ether oxygens (including phenoxy) is 1. The van der Waals surface area contributed by atoms with Crippen molar-refractivity contribution in [2.45, 2.75) is 13.2 Å². The van der Waals surface area contributed by atoms with Gasteiger partial charge in [-0.05, 0) is 34.4 Å². The highest BCUT2D eigenvalue weighted by molar-refractivity contribution is 9.10. The van der Waals surface area contributed by atoms with E-state index in [0.29, 0.717) is 13.2 Å². The highest BCUT2D eigenvalue weighted by Crippen LogP contribution is 2.28. The Morgan fingerprint density at radius 2 is 1.59 bits per heavy atom. The van der Waals surface area contributed by atoms with Gasteiger partial charge in [-0.25, -0.2) is 0 Å². The Morgan fingerprint density at radius 1 is 0.818 bits per heavy atom. The maximum atomic E-state index is 5.73. The average molecular weight is 354 g/mol. The van der Waals surface area contributed by atoms with E-state index in [9.17, 15) is 0 Å². The van der Waals surface area contributed by atoms with Crippen LogP contribution in [0.4, 0.5) is 0 Å². The number of hydrogen-bond acceptors (Lipinski definition) is 2. The number of rotatable bonds is 5. The third-order valence-electron chi connectivity index (χ3n) is 3.40. The third kappa shape index (κ3) is 3.81. The molecule has 0 amide bonds. The lowest BCUT2D eigenvalue weighted by Gasteiger charge is -2.07. The van der Waals surface area contributed by atoms with Crippen LogP contribution in [0.15, 0.2) is 77.5 Å². The van der Waals surface area contributed by atoms with E-state index in [1.165, 1.54) is 16.7 Å². The van der Waals surface area contributed by atoms with Crippen LogP contribution < -0.4 is 0 Å². The van der Waals surface area contributed by atoms with Gasteiger partial charge in [0.15, 0.2) is 0 Å². The molecule has 0 saturated heterocycles. The van der Waals surface area contributed by atoms with E-state index >= 15 is 0 Å². The zero-order valence-corrected chi connectivity index (χ0v) is 13.7. The van der Waals surface area contributed by atoms with Crippen LogP contribution in [0.25, 0.3) is 11.1 Å². The van der Waals surface area contributed by atoms with Gasteiger partial charge >= 0.3 is 0 Å². The molecule has 0 spiro atoms. The first kappa shape index (κ1) is 14.9. The second-order valence-corrected chi connectivity index (χ2v) is 5.89. The van der Waals surface area contributed by atoms with Gasteiger partial charge in [0.25, 0.3) is 0 Å². The number of pyridine rings is 1. The van der Waals surface area contributed by atoms with Gasteiger partial charge in [-0.1, -0.05) is 64.5 Å². The summed E-state index contributed by atoms with van der Waals surface area (Å²) in [5, 5.41) is 0. The van der Waals surface area contributed by atoms with Crippen LogP contribution in [0.3, 0.4) is 0 Å². The van der Waals surface area contributed by atoms with Gasteiger partial charge in [0, 0.05) is 16.9 Å². The van der Waals surface area contributed by atoms with Crippen molar-refractivity contribution in [3.63, 3.8) is 0 Å². The Hall–Kier alpha value is -1.97. The molecule has 0 aliphatic carbocycles. The Balaban J connectivity index is 1.61. The first-order valence-corrected chi connectivity index (χ1v) is 7.93. The molecule has 22 heavy (non-hydrogen) atoms. The maximum absolute atomic E-state index is 5.73. The van der Waals surface area contributed by atoms with E-state index in [1.54, 1.807) is 6.20 Å². The zero-order chi connectivity index (χ0) is 15.2. The molecule has 3 rings (SSSR count). The van der Waals surface area contributed by atoms with Gasteiger partial charge in [0.05, 0.1) is 13.2 Å². The number of nitrogens with zero attached hydrogens (tertiary/aromatic N) is 1. The predicted octanol–water partition coefficient (Wildman–Crippen LogP) is 5.23. The van der Waals surface area contributed by atoms with Crippen molar-refractivity contribution in [3.8, 4) is 11.1 Å². The van der Waals surface area contributed by atoms with Crippen LogP contribution in [0.5, 0.6) is 0 Å². The molecule has 0 fully saturated rings. The fourth-order valence-corrected chi connectivity index (χ4v) is 2.76. The molecule has 3 aromatic rings. The molecule has 1 heterocycles. The summed E-state index contributed by atoms with van der Waals surface area (Å²) in [5.74, 6) is 0. The van der Waals surface area contributed by atoms with Crippen molar-refractivity contribution >= 4 is 15.9 Å². The lowest BCUT2D eigenvalue weighted by atomic mass is 10.0. The Bertz CT molecular complexity index is 726. The molecule has 0 radical (unpaired) electrons. The van der Waals surface area contributed by atoms with Crippen LogP contribution in [0, 0.1) is 0 Å². The average Bonchev–Trinajstić information content (AvgIpc) is 2.57. The van der Waals surface area contributed by atoms with Gasteiger partial charge in [0.2, 0.25) is 0 Å². The van der Waals surface area contributed by atoms with Crippen LogP contribution in [-0.2, 0) is 18.0 Å². The monoisotopic (exact) mass is 353 g/mol. The molecule has 0 aliphatic rings. The predicted molar refractivity (Wildman–Crippen MR) is 92.3 cm³/mol. The van der Waals surface area contributed by atoms with Gasteiger partial charge in [-0.2, -0.15) is 0 Å². The van der Waals surface area contributed by atoms with Crippen molar-refractivity contribution in [2.24, 2.45) is 0 Å². The summed E-state index contributed by atoms with van der Waals surface area (Å²) in [4.78, 5) is 4.08. The minimum absolute atomic E-state index is 0.583. The SMILES string of the molecule is Brc1ccccc1-c1ccc(COCc2cccnc2)cc1. The number of benzene rings is 2. The quantitative estimate of drug-likeness (QED) is 0.626. The lowest BCUT2D eigenvalue weighted by molar-refractivity contribution is 0.107. The highest BCUT2D eigenvalue weighted by Gasteiger charge is 2.02. The number of hydrogen-bond donors (Lipinski definition) is 0. The highest BCUT2D eigenvalue weighted by atomic mass is 79.9. The minimum atomic E-state index is 0.583. The van der Waals surface area contributed by atoms with Crippen molar-refractivity contribution < 1.29 is 4.74 Å². The normalized spacial score (nSPS) is 10.6. The summed E-state index contributed by atoms with van der Waals surface area (Å²) in [6.45, 7) is 1.19. The molecule has 110 valence electrons. The van der Waals surface area contributed by atoms with Gasteiger partial charge in [0.1, 0.15) is 0 Å². The van der Waals surface area contributed by atoms with Gasteiger partial charge in [-0.3, -0.25) is 4.98 Å². The molecule has 0 aliphatic heterocycles. The van der Waals surface area contributed by atoms with Crippen LogP contribution in [0.1, 0.15) is 11.1 Å². The number of halogens is 1. The zero-order valence-electron chi connectivity index (χ0n) is 12.1. The second kappa shape index (κ2) is 7.34. The Morgan fingerprint density at radius 3 is 2.32 bits per heavy atom. The molecule has 3 heteroatoms. The maximum Gasteiger partial charge on any atom is 0.0736 e. The van der Waals surface area contributed by atoms with Crippen molar-refractivity contribution in [1.82, 2.24) is 4.98 Å². The van der Waals surface area contributed by atoms with Crippen molar-refractivity contribution in [2.75, 3.05) is 0 Å². The fourth-order valence-electron chi connectivity index (χ4n) is 2.25. The van der Waals surface area contributed by atoms with Crippen molar-refractivity contribution in [1.29, 1.82) is 0 Å². The molecule has 0 N–H and O–H groups in total. The summed E-state index contributed by atoms with van der Waals surface area (Å²) in [7, 11) is 0. The van der Waals surface area contributed by atoms with Crippen LogP contribution >= 0.6 is 15.9 Å². The second-order valence-electron chi connectivity index (χ2n) is 5.03. The standard InChI is InChI=1S/C19H16BrNO/c20-19-6-2-1-5-18(19)17-9-7-15(8-10-17)13-22-14-16-4-3-11-21-12-16/h1-12H,13-14H2. The molecular weight excluding hydrogens is 338 g/mol. The molecular formula is C19H16BrNO. The third-order valence-corrected chi connectivity index (χ3v) is 4.09. The fraction of sp³-hybridized carbons (Fsp3) is 0.105. The largest absolute Gasteiger partial charge is 0.372 e. The molecule has 0 bridgehead atoms. The molecule has 1 aromatic heterocycles. The summed E-state index contributed by atoms with van der Waals surface area (Å²) in [6.07, 6.45) is 3.60. The summed E-state index contributed by atoms with van der Waals surface area (Å²) in [5.41, 5.74) is 4.65. The van der Waals surface area contributed by atoms with E-state index < -0.39 is 0 Å². The molecule has 2 aromatic carbocycles. The first-order valence-electron chi connectivity index (χ1n) is 7.13. The topological polar surface area (TPSA) is 22.1 Å². The summed E-state index contributed by atoms with van der Waals surface area (Å²) < 4.78 is 6.83. The first-order chi connectivity index (χ1) is 10.8. The molecule has 0 unspecified atom stereocenters. The Labute approximate surface area is 138 Å². The Kier molecular flexibility index (Phi) is 4.99. The van der Waals surface area contributed by atoms with E-state index in [4.69, 9.17) is 4.74 Å². The smallest absolute Gasteiger partial charge is 0.0736 e. The minimum Gasteiger partial charge on any atom is -0.372 e. The summed E-state index contributed by atoms with van der Waals surface area (Å²) >= 11 is 3.59. The number of aromatic nitrogens is 1. The van der Waals surface area contributed by atoms with Gasteiger partial charge in [-0.15, -0.1) is 0 Å². The van der Waals surface area contributed by atoms with Crippen LogP contribution in [0.2, 0.25) is 0 Å². The van der Waals surface area contributed by atoms with E-state index in [-0.39, 0.29) is 0 Å². The van der Waals surface area contributed by atoms with E-state index in [0.717, 1.165) is 10.0 Å². The molecule has 0 saturated carbocycles.